The molecular formula is C12H12N4O2. The van der Waals surface area contributed by atoms with E-state index in [1.54, 1.807) is 10.7 Å². The van der Waals surface area contributed by atoms with Crippen LogP contribution in [-0.2, 0) is 0 Å². The number of aromatic nitrogens is 3. The minimum atomic E-state index is -0.419. The van der Waals surface area contributed by atoms with Gasteiger partial charge in [-0.15, -0.1) is 5.10 Å². The Kier molecular flexibility index (Phi) is 2.55. The van der Waals surface area contributed by atoms with Crippen molar-refractivity contribution in [1.29, 1.82) is 0 Å². The zero-order chi connectivity index (χ0) is 12.5. The lowest BCUT2D eigenvalue weighted by Gasteiger charge is -2.16. The highest BCUT2D eigenvalue weighted by molar-refractivity contribution is 5.83. The summed E-state index contributed by atoms with van der Waals surface area (Å²) >= 11 is 0. The van der Waals surface area contributed by atoms with Crippen molar-refractivity contribution in [3.8, 4) is 0 Å². The fraction of sp³-hybridized carbons (Fsp3) is 0.333. The van der Waals surface area contributed by atoms with Gasteiger partial charge in [-0.25, -0.2) is 4.68 Å². The van der Waals surface area contributed by atoms with E-state index in [4.69, 9.17) is 0 Å². The fourth-order valence-corrected chi connectivity index (χ4v) is 2.34. The quantitative estimate of drug-likeness (QED) is 0.462. The molecule has 0 N–H and O–H groups in total. The second-order valence-corrected chi connectivity index (χ2v) is 4.36. The SMILES string of the molecule is O=[N+]([O-])c1cccc2c1nnn2C1C=CCCC1. The Hall–Kier alpha value is -2.24. The number of allylic oxidation sites excluding steroid dienone is 2. The highest BCUT2D eigenvalue weighted by Gasteiger charge is 2.20. The summed E-state index contributed by atoms with van der Waals surface area (Å²) in [5.74, 6) is 0. The normalized spacial score (nSPS) is 19.2. The molecule has 0 spiro atoms. The Balaban J connectivity index is 2.14. The van der Waals surface area contributed by atoms with Crippen molar-refractivity contribution in [2.75, 3.05) is 0 Å². The second-order valence-electron chi connectivity index (χ2n) is 4.36. The third-order valence-electron chi connectivity index (χ3n) is 3.22. The van der Waals surface area contributed by atoms with Crippen LogP contribution in [0.1, 0.15) is 25.3 Å². The van der Waals surface area contributed by atoms with Gasteiger partial charge >= 0.3 is 0 Å². The van der Waals surface area contributed by atoms with E-state index in [-0.39, 0.29) is 11.7 Å². The standard InChI is InChI=1S/C12H12N4O2/c17-16(18)11-8-4-7-10-12(11)13-14-15(10)9-5-2-1-3-6-9/h2,4-5,7-9H,1,3,6H2. The highest BCUT2D eigenvalue weighted by Crippen LogP contribution is 2.28. The van der Waals surface area contributed by atoms with Gasteiger partial charge in [0.15, 0.2) is 5.52 Å². The topological polar surface area (TPSA) is 73.8 Å². The lowest BCUT2D eigenvalue weighted by Crippen LogP contribution is -2.10. The molecule has 0 saturated heterocycles. The number of non-ortho nitro benzene ring substituents is 1. The van der Waals surface area contributed by atoms with E-state index in [2.05, 4.69) is 22.5 Å². The number of nitro groups is 1. The summed E-state index contributed by atoms with van der Waals surface area (Å²) in [5.41, 5.74) is 1.10. The van der Waals surface area contributed by atoms with Gasteiger partial charge in [0.1, 0.15) is 0 Å². The van der Waals surface area contributed by atoms with Gasteiger partial charge in [0.2, 0.25) is 0 Å². The molecule has 1 aliphatic rings. The lowest BCUT2D eigenvalue weighted by atomic mass is 10.0. The van der Waals surface area contributed by atoms with Crippen molar-refractivity contribution >= 4 is 16.7 Å². The first-order valence-corrected chi connectivity index (χ1v) is 5.92. The zero-order valence-corrected chi connectivity index (χ0v) is 9.69. The Labute approximate surface area is 103 Å². The van der Waals surface area contributed by atoms with Crippen LogP contribution in [0.2, 0.25) is 0 Å². The van der Waals surface area contributed by atoms with Gasteiger partial charge in [-0.3, -0.25) is 10.1 Å². The largest absolute Gasteiger partial charge is 0.299 e. The van der Waals surface area contributed by atoms with E-state index >= 15 is 0 Å². The van der Waals surface area contributed by atoms with Crippen molar-refractivity contribution < 1.29 is 4.92 Å². The third-order valence-corrected chi connectivity index (χ3v) is 3.22. The number of nitrogens with zero attached hydrogens (tertiary/aromatic N) is 4. The molecule has 1 atom stereocenters. The monoisotopic (exact) mass is 244 g/mol. The number of rotatable bonds is 2. The number of hydrogen-bond donors (Lipinski definition) is 0. The van der Waals surface area contributed by atoms with E-state index in [1.165, 1.54) is 6.07 Å². The van der Waals surface area contributed by atoms with Crippen LogP contribution in [-0.4, -0.2) is 19.9 Å². The summed E-state index contributed by atoms with van der Waals surface area (Å²) in [7, 11) is 0. The predicted molar refractivity (Wildman–Crippen MR) is 66.2 cm³/mol. The van der Waals surface area contributed by atoms with E-state index in [9.17, 15) is 10.1 Å². The molecule has 0 radical (unpaired) electrons. The lowest BCUT2D eigenvalue weighted by molar-refractivity contribution is -0.383. The number of nitro benzene ring substituents is 1. The molecule has 2 aromatic rings. The predicted octanol–water partition coefficient (Wildman–Crippen LogP) is 2.62. The average Bonchev–Trinajstić information content (AvgIpc) is 2.83. The van der Waals surface area contributed by atoms with Crippen molar-refractivity contribution in [3.63, 3.8) is 0 Å². The molecule has 18 heavy (non-hydrogen) atoms. The first-order valence-electron chi connectivity index (χ1n) is 5.92. The van der Waals surface area contributed by atoms with E-state index in [0.29, 0.717) is 5.52 Å². The molecule has 1 heterocycles. The van der Waals surface area contributed by atoms with Crippen molar-refractivity contribution in [3.05, 3.63) is 40.5 Å². The molecule has 6 nitrogen and oxygen atoms in total. The maximum absolute atomic E-state index is 10.9. The average molecular weight is 244 g/mol. The van der Waals surface area contributed by atoms with Gasteiger partial charge in [-0.2, -0.15) is 0 Å². The van der Waals surface area contributed by atoms with Gasteiger partial charge in [-0.05, 0) is 25.3 Å². The van der Waals surface area contributed by atoms with Crippen LogP contribution in [0.15, 0.2) is 30.4 Å². The Morgan fingerprint density at radius 1 is 1.44 bits per heavy atom. The minimum absolute atomic E-state index is 0.0125. The summed E-state index contributed by atoms with van der Waals surface area (Å²) < 4.78 is 1.78. The molecule has 0 bridgehead atoms. The Bertz CT molecular complexity index is 632. The smallest absolute Gasteiger partial charge is 0.258 e. The summed E-state index contributed by atoms with van der Waals surface area (Å²) in [6.45, 7) is 0. The number of benzene rings is 1. The Morgan fingerprint density at radius 3 is 3.06 bits per heavy atom. The molecule has 92 valence electrons. The third kappa shape index (κ3) is 1.66. The van der Waals surface area contributed by atoms with Crippen LogP contribution < -0.4 is 0 Å². The second kappa shape index (κ2) is 4.21. The van der Waals surface area contributed by atoms with Crippen LogP contribution in [0.3, 0.4) is 0 Å². The summed E-state index contributed by atoms with van der Waals surface area (Å²) in [6, 6.07) is 5.11. The van der Waals surface area contributed by atoms with E-state index < -0.39 is 4.92 Å². The van der Waals surface area contributed by atoms with Crippen LogP contribution in [0, 0.1) is 10.1 Å². The zero-order valence-electron chi connectivity index (χ0n) is 9.69. The van der Waals surface area contributed by atoms with Crippen LogP contribution in [0.5, 0.6) is 0 Å². The molecule has 1 unspecified atom stereocenters. The van der Waals surface area contributed by atoms with Gasteiger partial charge in [0.05, 0.1) is 16.5 Å². The van der Waals surface area contributed by atoms with Crippen LogP contribution in [0.25, 0.3) is 11.0 Å². The van der Waals surface area contributed by atoms with Gasteiger partial charge < -0.3 is 0 Å². The van der Waals surface area contributed by atoms with Gasteiger partial charge in [-0.1, -0.05) is 23.4 Å². The van der Waals surface area contributed by atoms with Gasteiger partial charge in [0, 0.05) is 6.07 Å². The first kappa shape index (κ1) is 10.9. The molecule has 0 fully saturated rings. The van der Waals surface area contributed by atoms with E-state index in [0.717, 1.165) is 24.8 Å². The van der Waals surface area contributed by atoms with Crippen molar-refractivity contribution in [2.24, 2.45) is 0 Å². The highest BCUT2D eigenvalue weighted by atomic mass is 16.6. The summed E-state index contributed by atoms with van der Waals surface area (Å²) in [5, 5.41) is 18.9. The molecule has 1 aromatic carbocycles. The molecule has 0 saturated carbocycles. The minimum Gasteiger partial charge on any atom is -0.258 e. The molecule has 1 aliphatic carbocycles. The molecule has 0 amide bonds. The first-order chi connectivity index (χ1) is 8.77. The summed E-state index contributed by atoms with van der Waals surface area (Å²) in [6.07, 6.45) is 7.41. The van der Waals surface area contributed by atoms with Crippen molar-refractivity contribution in [1.82, 2.24) is 15.0 Å². The van der Waals surface area contributed by atoms with Crippen LogP contribution >= 0.6 is 0 Å². The molecule has 1 aromatic heterocycles. The van der Waals surface area contributed by atoms with Gasteiger partial charge in [0.25, 0.3) is 5.69 Å². The maximum Gasteiger partial charge on any atom is 0.299 e. The summed E-state index contributed by atoms with van der Waals surface area (Å²) in [4.78, 5) is 10.5. The Morgan fingerprint density at radius 2 is 2.33 bits per heavy atom. The number of hydrogen-bond acceptors (Lipinski definition) is 4. The molecule has 0 aliphatic heterocycles. The van der Waals surface area contributed by atoms with Crippen LogP contribution in [0.4, 0.5) is 5.69 Å². The van der Waals surface area contributed by atoms with Crippen molar-refractivity contribution in [2.45, 2.75) is 25.3 Å². The fourth-order valence-electron chi connectivity index (χ4n) is 2.34. The number of fused-ring (bicyclic) bond motifs is 1. The molecule has 6 heteroatoms. The molecular weight excluding hydrogens is 232 g/mol. The maximum atomic E-state index is 10.9. The molecule has 3 rings (SSSR count). The van der Waals surface area contributed by atoms with E-state index in [1.807, 2.05) is 6.07 Å².